The van der Waals surface area contributed by atoms with Crippen LogP contribution in [0.1, 0.15) is 19.4 Å². The van der Waals surface area contributed by atoms with Gasteiger partial charge in [0.15, 0.2) is 0 Å². The van der Waals surface area contributed by atoms with Crippen molar-refractivity contribution in [3.8, 4) is 0 Å². The summed E-state index contributed by atoms with van der Waals surface area (Å²) in [6.45, 7) is 11.2. The highest BCUT2D eigenvalue weighted by Crippen LogP contribution is 2.05. The molecule has 0 aliphatic rings. The molecule has 75 valence electrons. The van der Waals surface area contributed by atoms with E-state index in [1.165, 1.54) is 11.1 Å². The standard InChI is InChI=1S/C13H18N/c1-4-14(10-12(2)3)11-13-8-6-5-7-9-13/h5-6,8-9H,2,4,10-11H2,1,3H3. The van der Waals surface area contributed by atoms with Crippen LogP contribution >= 0.6 is 0 Å². The average molecular weight is 188 g/mol. The van der Waals surface area contributed by atoms with Gasteiger partial charge in [0.05, 0.1) is 0 Å². The third-order valence-electron chi connectivity index (χ3n) is 2.12. The van der Waals surface area contributed by atoms with Gasteiger partial charge in [0.25, 0.3) is 0 Å². The Hall–Kier alpha value is -1.08. The van der Waals surface area contributed by atoms with Gasteiger partial charge in [0.2, 0.25) is 0 Å². The van der Waals surface area contributed by atoms with Crippen molar-refractivity contribution in [3.63, 3.8) is 0 Å². The van der Waals surface area contributed by atoms with Gasteiger partial charge in [-0.1, -0.05) is 37.3 Å². The summed E-state index contributed by atoms with van der Waals surface area (Å²) in [7, 11) is 0. The van der Waals surface area contributed by atoms with E-state index >= 15 is 0 Å². The number of likely N-dealkylation sites (N-methyl/N-ethyl adjacent to an activating group) is 1. The van der Waals surface area contributed by atoms with E-state index in [2.05, 4.69) is 37.5 Å². The third-order valence-corrected chi connectivity index (χ3v) is 2.12. The predicted molar refractivity (Wildman–Crippen MR) is 61.0 cm³/mol. The number of nitrogens with zero attached hydrogens (tertiary/aromatic N) is 1. The largest absolute Gasteiger partial charge is 0.295 e. The second-order valence-corrected chi connectivity index (χ2v) is 3.67. The van der Waals surface area contributed by atoms with Crippen LogP contribution in [0.5, 0.6) is 0 Å². The van der Waals surface area contributed by atoms with E-state index in [4.69, 9.17) is 0 Å². The van der Waals surface area contributed by atoms with Gasteiger partial charge in [-0.2, -0.15) is 0 Å². The molecule has 0 saturated heterocycles. The van der Waals surface area contributed by atoms with E-state index in [0.717, 1.165) is 19.6 Å². The fraction of sp³-hybridized carbons (Fsp3) is 0.385. The highest BCUT2D eigenvalue weighted by atomic mass is 15.1. The molecule has 14 heavy (non-hydrogen) atoms. The molecule has 0 aromatic heterocycles. The average Bonchev–Trinajstić information content (AvgIpc) is 2.17. The smallest absolute Gasteiger partial charge is 0.0237 e. The molecule has 0 atom stereocenters. The van der Waals surface area contributed by atoms with Crippen LogP contribution < -0.4 is 0 Å². The molecule has 0 spiro atoms. The van der Waals surface area contributed by atoms with Crippen molar-refractivity contribution < 1.29 is 0 Å². The van der Waals surface area contributed by atoms with Gasteiger partial charge < -0.3 is 0 Å². The van der Waals surface area contributed by atoms with E-state index in [1.54, 1.807) is 0 Å². The SMILES string of the molecule is C=C(C)CN(CC)Cc1c[c]ccc1. The van der Waals surface area contributed by atoms with Gasteiger partial charge in [-0.05, 0) is 31.2 Å². The Bertz CT molecular complexity index is 277. The van der Waals surface area contributed by atoms with Crippen molar-refractivity contribution in [2.75, 3.05) is 13.1 Å². The van der Waals surface area contributed by atoms with Gasteiger partial charge in [0.1, 0.15) is 0 Å². The molecule has 0 N–H and O–H groups in total. The minimum absolute atomic E-state index is 0.978. The van der Waals surface area contributed by atoms with Crippen LogP contribution in [0.25, 0.3) is 0 Å². The zero-order valence-electron chi connectivity index (χ0n) is 9.09. The van der Waals surface area contributed by atoms with Crippen molar-refractivity contribution in [2.24, 2.45) is 0 Å². The van der Waals surface area contributed by atoms with E-state index in [-0.39, 0.29) is 0 Å². The van der Waals surface area contributed by atoms with Crippen LogP contribution in [0.3, 0.4) is 0 Å². The predicted octanol–water partition coefficient (Wildman–Crippen LogP) is 2.88. The lowest BCUT2D eigenvalue weighted by atomic mass is 10.2. The van der Waals surface area contributed by atoms with Crippen molar-refractivity contribution in [2.45, 2.75) is 20.4 Å². The van der Waals surface area contributed by atoms with Crippen molar-refractivity contribution in [1.29, 1.82) is 0 Å². The second-order valence-electron chi connectivity index (χ2n) is 3.67. The maximum absolute atomic E-state index is 3.94. The molecule has 1 rings (SSSR count). The Labute approximate surface area is 87.1 Å². The zero-order valence-corrected chi connectivity index (χ0v) is 9.09. The van der Waals surface area contributed by atoms with Gasteiger partial charge in [0, 0.05) is 13.1 Å². The van der Waals surface area contributed by atoms with Gasteiger partial charge in [-0.3, -0.25) is 4.90 Å². The molecule has 0 bridgehead atoms. The summed E-state index contributed by atoms with van der Waals surface area (Å²) in [5.41, 5.74) is 2.53. The highest BCUT2D eigenvalue weighted by molar-refractivity contribution is 5.13. The van der Waals surface area contributed by atoms with Crippen LogP contribution in [0.4, 0.5) is 0 Å². The van der Waals surface area contributed by atoms with Crippen LogP contribution in [0, 0.1) is 6.07 Å². The summed E-state index contributed by atoms with van der Waals surface area (Å²) in [4.78, 5) is 2.37. The van der Waals surface area contributed by atoms with Gasteiger partial charge in [-0.25, -0.2) is 0 Å². The lowest BCUT2D eigenvalue weighted by Gasteiger charge is -2.20. The van der Waals surface area contributed by atoms with Crippen molar-refractivity contribution in [3.05, 3.63) is 48.0 Å². The maximum Gasteiger partial charge on any atom is 0.0237 e. The summed E-state index contributed by atoms with van der Waals surface area (Å²) in [5, 5.41) is 0. The number of benzene rings is 1. The summed E-state index contributed by atoms with van der Waals surface area (Å²) in [5.74, 6) is 0. The number of hydrogen-bond donors (Lipinski definition) is 0. The Balaban J connectivity index is 2.53. The topological polar surface area (TPSA) is 3.24 Å². The molecule has 0 aliphatic heterocycles. The first-order valence-corrected chi connectivity index (χ1v) is 5.04. The summed E-state index contributed by atoms with van der Waals surface area (Å²) >= 11 is 0. The molecule has 1 heteroatoms. The quantitative estimate of drug-likeness (QED) is 0.642. The fourth-order valence-corrected chi connectivity index (χ4v) is 1.45. The van der Waals surface area contributed by atoms with Gasteiger partial charge in [-0.15, -0.1) is 0 Å². The minimum atomic E-state index is 0.978. The first-order chi connectivity index (χ1) is 6.72. The molecular weight excluding hydrogens is 170 g/mol. The maximum atomic E-state index is 3.94. The Kier molecular flexibility index (Phi) is 4.41. The van der Waals surface area contributed by atoms with E-state index in [1.807, 2.05) is 18.2 Å². The fourth-order valence-electron chi connectivity index (χ4n) is 1.45. The van der Waals surface area contributed by atoms with Crippen LogP contribution in [-0.4, -0.2) is 18.0 Å². The number of hydrogen-bond acceptors (Lipinski definition) is 1. The third kappa shape index (κ3) is 3.75. The molecule has 1 radical (unpaired) electrons. The molecule has 0 saturated carbocycles. The molecule has 1 aromatic carbocycles. The lowest BCUT2D eigenvalue weighted by Crippen LogP contribution is -2.24. The Morgan fingerprint density at radius 2 is 2.36 bits per heavy atom. The Morgan fingerprint density at radius 3 is 2.86 bits per heavy atom. The van der Waals surface area contributed by atoms with E-state index in [0.29, 0.717) is 0 Å². The molecule has 1 nitrogen and oxygen atoms in total. The first kappa shape index (κ1) is 11.0. The van der Waals surface area contributed by atoms with Crippen LogP contribution in [0.2, 0.25) is 0 Å². The van der Waals surface area contributed by atoms with E-state index < -0.39 is 0 Å². The molecule has 0 amide bonds. The van der Waals surface area contributed by atoms with E-state index in [9.17, 15) is 0 Å². The highest BCUT2D eigenvalue weighted by Gasteiger charge is 2.02. The normalized spacial score (nSPS) is 10.5. The summed E-state index contributed by atoms with van der Waals surface area (Å²) in [6.07, 6.45) is 0. The second kappa shape index (κ2) is 5.61. The first-order valence-electron chi connectivity index (χ1n) is 5.04. The summed E-state index contributed by atoms with van der Waals surface area (Å²) in [6, 6.07) is 11.2. The van der Waals surface area contributed by atoms with Crippen molar-refractivity contribution in [1.82, 2.24) is 4.90 Å². The van der Waals surface area contributed by atoms with Gasteiger partial charge >= 0.3 is 0 Å². The molecule has 0 heterocycles. The number of rotatable bonds is 5. The summed E-state index contributed by atoms with van der Waals surface area (Å²) < 4.78 is 0. The molecular formula is C13H18N. The zero-order chi connectivity index (χ0) is 10.4. The van der Waals surface area contributed by atoms with Crippen molar-refractivity contribution >= 4 is 0 Å². The molecule has 0 unspecified atom stereocenters. The lowest BCUT2D eigenvalue weighted by molar-refractivity contribution is 0.304. The minimum Gasteiger partial charge on any atom is -0.295 e. The molecule has 0 fully saturated rings. The monoisotopic (exact) mass is 188 g/mol. The molecule has 1 aromatic rings. The van der Waals surface area contributed by atoms with Crippen LogP contribution in [0.15, 0.2) is 36.4 Å². The molecule has 0 aliphatic carbocycles. The Morgan fingerprint density at radius 1 is 1.57 bits per heavy atom. The van der Waals surface area contributed by atoms with Crippen LogP contribution in [-0.2, 0) is 6.54 Å².